The molecular weight excluding hydrogens is 250 g/mol. The van der Waals surface area contributed by atoms with Gasteiger partial charge in [-0.2, -0.15) is 0 Å². The molecule has 0 aromatic heterocycles. The first-order valence-corrected chi connectivity index (χ1v) is 6.38. The van der Waals surface area contributed by atoms with Crippen LogP contribution in [-0.2, 0) is 19.1 Å². The fraction of sp³-hybridized carbons (Fsp3) is 0.769. The first-order valence-electron chi connectivity index (χ1n) is 6.38. The Morgan fingerprint density at radius 2 is 1.95 bits per heavy atom. The van der Waals surface area contributed by atoms with Crippen molar-refractivity contribution in [3.8, 4) is 0 Å². The predicted molar refractivity (Wildman–Crippen MR) is 67.7 cm³/mol. The van der Waals surface area contributed by atoms with Gasteiger partial charge in [-0.15, -0.1) is 0 Å². The normalized spacial score (nSPS) is 20.2. The number of rotatable bonds is 5. The van der Waals surface area contributed by atoms with E-state index in [1.165, 1.54) is 12.0 Å². The highest BCUT2D eigenvalue weighted by molar-refractivity contribution is 6.38. The molecule has 108 valence electrons. The minimum Gasteiger partial charge on any atom is -0.480 e. The van der Waals surface area contributed by atoms with Gasteiger partial charge in [-0.05, 0) is 19.3 Å². The zero-order valence-corrected chi connectivity index (χ0v) is 11.6. The number of likely N-dealkylation sites (tertiary alicyclic amines) is 1. The number of carbonyl (C=O) groups excluding carboxylic acids is 2. The maximum absolute atomic E-state index is 12.2. The number of carboxylic acid groups (broad SMARTS) is 1. The lowest BCUT2D eigenvalue weighted by Gasteiger charge is -2.34. The van der Waals surface area contributed by atoms with Crippen molar-refractivity contribution in [1.29, 1.82) is 0 Å². The Labute approximate surface area is 112 Å². The molecule has 19 heavy (non-hydrogen) atoms. The number of aliphatic carboxylic acids is 1. The number of amides is 1. The third kappa shape index (κ3) is 3.53. The molecule has 1 N–H and O–H groups in total. The average molecular weight is 271 g/mol. The van der Waals surface area contributed by atoms with Crippen LogP contribution in [0.25, 0.3) is 0 Å². The molecular formula is C13H21NO5. The van der Waals surface area contributed by atoms with Crippen LogP contribution in [-0.4, -0.2) is 54.0 Å². The van der Waals surface area contributed by atoms with Crippen molar-refractivity contribution >= 4 is 17.7 Å². The second-order valence-electron chi connectivity index (χ2n) is 5.49. The molecule has 0 unspecified atom stereocenters. The zero-order valence-electron chi connectivity index (χ0n) is 11.6. The quantitative estimate of drug-likeness (QED) is 0.744. The first-order chi connectivity index (χ1) is 8.81. The number of nitrogens with zero attached hydrogens (tertiary/aromatic N) is 1. The van der Waals surface area contributed by atoms with E-state index < -0.39 is 29.1 Å². The van der Waals surface area contributed by atoms with Gasteiger partial charge >= 0.3 is 5.97 Å². The number of ketones is 1. The van der Waals surface area contributed by atoms with E-state index in [1.807, 2.05) is 0 Å². The number of hydrogen-bond acceptors (Lipinski definition) is 4. The van der Waals surface area contributed by atoms with Crippen LogP contribution >= 0.6 is 0 Å². The van der Waals surface area contributed by atoms with Gasteiger partial charge in [0.2, 0.25) is 5.78 Å². The van der Waals surface area contributed by atoms with Gasteiger partial charge in [0, 0.05) is 13.7 Å². The largest absolute Gasteiger partial charge is 0.480 e. The van der Waals surface area contributed by atoms with Crippen LogP contribution in [0.15, 0.2) is 0 Å². The number of hydrogen-bond donors (Lipinski definition) is 1. The Morgan fingerprint density at radius 1 is 1.32 bits per heavy atom. The van der Waals surface area contributed by atoms with Crippen LogP contribution in [0.4, 0.5) is 0 Å². The van der Waals surface area contributed by atoms with Gasteiger partial charge < -0.3 is 14.7 Å². The Bertz CT molecular complexity index is 377. The van der Waals surface area contributed by atoms with Crippen molar-refractivity contribution in [1.82, 2.24) is 4.90 Å². The predicted octanol–water partition coefficient (Wildman–Crippen LogP) is 0.694. The van der Waals surface area contributed by atoms with E-state index in [9.17, 15) is 14.4 Å². The Kier molecular flexibility index (Phi) is 5.05. The first kappa shape index (κ1) is 15.6. The molecule has 1 saturated heterocycles. The summed E-state index contributed by atoms with van der Waals surface area (Å²) < 4.78 is 4.93. The molecule has 1 rings (SSSR count). The van der Waals surface area contributed by atoms with Crippen molar-refractivity contribution in [3.05, 3.63) is 0 Å². The molecule has 0 aromatic rings. The van der Waals surface area contributed by atoms with E-state index in [0.717, 1.165) is 12.8 Å². The second kappa shape index (κ2) is 6.14. The summed E-state index contributed by atoms with van der Waals surface area (Å²) in [5, 5.41) is 9.12. The van der Waals surface area contributed by atoms with Crippen LogP contribution in [0, 0.1) is 5.41 Å². The van der Waals surface area contributed by atoms with Gasteiger partial charge in [0.1, 0.15) is 6.04 Å². The lowest BCUT2D eigenvalue weighted by Crippen LogP contribution is -2.53. The molecule has 0 bridgehead atoms. The van der Waals surface area contributed by atoms with Crippen molar-refractivity contribution in [2.45, 2.75) is 39.2 Å². The lowest BCUT2D eigenvalue weighted by atomic mass is 9.87. The molecule has 1 atom stereocenters. The molecule has 0 spiro atoms. The summed E-state index contributed by atoms with van der Waals surface area (Å²) in [5.74, 6) is -2.36. The molecule has 6 heteroatoms. The zero-order chi connectivity index (χ0) is 14.6. The summed E-state index contributed by atoms with van der Waals surface area (Å²) in [6.07, 6.45) is 1.89. The molecule has 0 aromatic carbocycles. The molecule has 0 aliphatic carbocycles. The standard InChI is InChI=1S/C13H21NO5/c1-13(2,8-19-3)10(15)11(16)14-7-5-4-6-9(14)12(17)18/h9H,4-8H2,1-3H3,(H,17,18)/t9-/m0/s1. The Balaban J connectivity index is 2.85. The maximum Gasteiger partial charge on any atom is 0.326 e. The van der Waals surface area contributed by atoms with Crippen molar-refractivity contribution in [2.24, 2.45) is 5.41 Å². The van der Waals surface area contributed by atoms with Gasteiger partial charge in [0.25, 0.3) is 5.91 Å². The number of methoxy groups -OCH3 is 1. The summed E-state index contributed by atoms with van der Waals surface area (Å²) in [7, 11) is 1.46. The van der Waals surface area contributed by atoms with E-state index in [0.29, 0.717) is 13.0 Å². The molecule has 6 nitrogen and oxygen atoms in total. The fourth-order valence-corrected chi connectivity index (χ4v) is 2.28. The summed E-state index contributed by atoms with van der Waals surface area (Å²) in [5.41, 5.74) is -0.938. The second-order valence-corrected chi connectivity index (χ2v) is 5.49. The third-order valence-electron chi connectivity index (χ3n) is 3.36. The molecule has 0 saturated carbocycles. The smallest absolute Gasteiger partial charge is 0.326 e. The van der Waals surface area contributed by atoms with E-state index >= 15 is 0 Å². The average Bonchev–Trinajstić information content (AvgIpc) is 2.36. The lowest BCUT2D eigenvalue weighted by molar-refractivity contribution is -0.158. The fourth-order valence-electron chi connectivity index (χ4n) is 2.28. The summed E-state index contributed by atoms with van der Waals surface area (Å²) in [4.78, 5) is 36.7. The molecule has 1 aliphatic heterocycles. The number of Topliss-reactive ketones (excluding diaryl/α,β-unsaturated/α-hetero) is 1. The Hall–Kier alpha value is -1.43. The van der Waals surface area contributed by atoms with Gasteiger partial charge in [0.15, 0.2) is 0 Å². The minimum atomic E-state index is -1.05. The van der Waals surface area contributed by atoms with E-state index in [-0.39, 0.29) is 6.61 Å². The topological polar surface area (TPSA) is 83.9 Å². The summed E-state index contributed by atoms with van der Waals surface area (Å²) >= 11 is 0. The van der Waals surface area contributed by atoms with Crippen LogP contribution in [0.1, 0.15) is 33.1 Å². The van der Waals surface area contributed by atoms with Crippen LogP contribution < -0.4 is 0 Å². The number of piperidine rings is 1. The van der Waals surface area contributed by atoms with Gasteiger partial charge in [0.05, 0.1) is 12.0 Å². The van der Waals surface area contributed by atoms with Crippen molar-refractivity contribution in [3.63, 3.8) is 0 Å². The monoisotopic (exact) mass is 271 g/mol. The minimum absolute atomic E-state index is 0.128. The van der Waals surface area contributed by atoms with Gasteiger partial charge in [-0.25, -0.2) is 4.79 Å². The highest BCUT2D eigenvalue weighted by Gasteiger charge is 2.40. The van der Waals surface area contributed by atoms with Crippen LogP contribution in [0.5, 0.6) is 0 Å². The van der Waals surface area contributed by atoms with Gasteiger partial charge in [-0.1, -0.05) is 13.8 Å². The third-order valence-corrected chi connectivity index (χ3v) is 3.36. The molecule has 1 heterocycles. The van der Waals surface area contributed by atoms with Crippen molar-refractivity contribution in [2.75, 3.05) is 20.3 Å². The van der Waals surface area contributed by atoms with E-state index in [4.69, 9.17) is 9.84 Å². The van der Waals surface area contributed by atoms with Gasteiger partial charge in [-0.3, -0.25) is 9.59 Å². The highest BCUT2D eigenvalue weighted by atomic mass is 16.5. The van der Waals surface area contributed by atoms with Crippen molar-refractivity contribution < 1.29 is 24.2 Å². The van der Waals surface area contributed by atoms with E-state index in [2.05, 4.69) is 0 Å². The highest BCUT2D eigenvalue weighted by Crippen LogP contribution is 2.23. The maximum atomic E-state index is 12.2. The molecule has 1 fully saturated rings. The van der Waals surface area contributed by atoms with Crippen LogP contribution in [0.2, 0.25) is 0 Å². The number of carbonyl (C=O) groups is 3. The number of carboxylic acids is 1. The summed E-state index contributed by atoms with van der Waals surface area (Å²) in [6.45, 7) is 3.70. The Morgan fingerprint density at radius 3 is 2.47 bits per heavy atom. The van der Waals surface area contributed by atoms with E-state index in [1.54, 1.807) is 13.8 Å². The molecule has 0 radical (unpaired) electrons. The summed E-state index contributed by atoms with van der Waals surface area (Å²) in [6, 6.07) is -0.886. The van der Waals surface area contributed by atoms with Crippen LogP contribution in [0.3, 0.4) is 0 Å². The molecule has 1 aliphatic rings. The number of ether oxygens (including phenoxy) is 1. The molecule has 1 amide bonds. The SMILES string of the molecule is COCC(C)(C)C(=O)C(=O)N1CCCC[C@H]1C(=O)O.